The van der Waals surface area contributed by atoms with Gasteiger partial charge in [0.1, 0.15) is 46.7 Å². The van der Waals surface area contributed by atoms with Crippen molar-refractivity contribution >= 4 is 41.7 Å². The van der Waals surface area contributed by atoms with Crippen molar-refractivity contribution in [2.75, 3.05) is 53.6 Å². The Hall–Kier alpha value is -6.58. The zero-order chi connectivity index (χ0) is 48.2. The van der Waals surface area contributed by atoms with Crippen LogP contribution >= 0.6 is 12.4 Å². The van der Waals surface area contributed by atoms with Crippen LogP contribution in [0, 0.1) is 37.3 Å². The number of methoxy groups -OCH3 is 2. The van der Waals surface area contributed by atoms with Crippen molar-refractivity contribution in [2.24, 2.45) is 22.1 Å². The third-order valence-corrected chi connectivity index (χ3v) is 12.1. The molecule has 6 heterocycles. The van der Waals surface area contributed by atoms with Crippen LogP contribution in [-0.2, 0) is 22.8 Å². The number of urea groups is 1. The van der Waals surface area contributed by atoms with Gasteiger partial charge in [0.25, 0.3) is 11.8 Å². The first kappa shape index (κ1) is 51.8. The zero-order valence-corrected chi connectivity index (χ0v) is 39.7. The van der Waals surface area contributed by atoms with Crippen LogP contribution in [0.1, 0.15) is 93.7 Å². The number of carbonyl (C=O) groups is 3. The van der Waals surface area contributed by atoms with E-state index in [2.05, 4.69) is 51.5 Å². The molecule has 4 aliphatic rings. The standard InChI is InChI=1S/C25H31FN6O5.C22H26FN5O3.ClH/c1-15-29-19(12-21(30-15)24(34)28-14-16-3-4-18(26)23(11-16)36-2)20-13-22(37-31-20)17-5-8-32(9-6-17)25(35)27-7-10-33;1-13-26-17(18-11-20(31-28-18)15-5-7-24-8-6-15)10-19(27-13)22(29)25-12-14-3-4-16(23)21(9-14)30-2;/h3-4,11-12,17,22,33H,5-10,13-14H2,1-2H3,(H,27,35)(H,28,34);3-4,9-10,15,20,24H,5-8,11-12H2,1-2H3,(H,25,29);1H. The average Bonchev–Trinajstić information content (AvgIpc) is 4.07. The van der Waals surface area contributed by atoms with Gasteiger partial charge in [0.15, 0.2) is 23.1 Å². The Morgan fingerprint density at radius 3 is 1.62 bits per heavy atom. The number of rotatable bonds is 14. The number of aliphatic hydroxyl groups excluding tert-OH is 1. The number of nitrogens with zero attached hydrogens (tertiary/aromatic N) is 7. The lowest BCUT2D eigenvalue weighted by molar-refractivity contribution is 0.0184. The van der Waals surface area contributed by atoms with E-state index in [0.717, 1.165) is 50.0 Å². The number of aliphatic hydroxyl groups is 1. The Bertz CT molecular complexity index is 2510. The highest BCUT2D eigenvalue weighted by atomic mass is 35.5. The summed E-state index contributed by atoms with van der Waals surface area (Å²) in [7, 11) is 2.78. The van der Waals surface area contributed by atoms with Crippen molar-refractivity contribution in [2.45, 2.75) is 77.7 Å². The summed E-state index contributed by atoms with van der Waals surface area (Å²) in [4.78, 5) is 68.2. The second-order valence-electron chi connectivity index (χ2n) is 16.8. The third kappa shape index (κ3) is 13.8. The van der Waals surface area contributed by atoms with Crippen molar-refractivity contribution < 1.29 is 47.4 Å². The minimum atomic E-state index is -0.472. The number of carbonyl (C=O) groups excluding carboxylic acids is 3. The highest BCUT2D eigenvalue weighted by Gasteiger charge is 2.35. The molecule has 5 N–H and O–H groups in total. The Morgan fingerprint density at radius 1 is 0.710 bits per heavy atom. The summed E-state index contributed by atoms with van der Waals surface area (Å²) in [5.74, 6) is 0.214. The molecule has 22 heteroatoms. The normalized spacial score (nSPS) is 18.0. The van der Waals surface area contributed by atoms with E-state index in [9.17, 15) is 23.2 Å². The number of piperidine rings is 2. The van der Waals surface area contributed by atoms with Crippen molar-refractivity contribution in [1.29, 1.82) is 0 Å². The Kier molecular flexibility index (Phi) is 18.5. The molecule has 2 aromatic heterocycles. The number of benzene rings is 2. The van der Waals surface area contributed by atoms with Gasteiger partial charge in [-0.15, -0.1) is 12.4 Å². The second kappa shape index (κ2) is 24.6. The van der Waals surface area contributed by atoms with Crippen LogP contribution in [0.4, 0.5) is 13.6 Å². The highest BCUT2D eigenvalue weighted by Crippen LogP contribution is 2.30. The van der Waals surface area contributed by atoms with Crippen LogP contribution in [0.25, 0.3) is 0 Å². The molecule has 2 saturated heterocycles. The summed E-state index contributed by atoms with van der Waals surface area (Å²) in [6, 6.07) is 11.9. The molecule has 0 spiro atoms. The van der Waals surface area contributed by atoms with E-state index >= 15 is 0 Å². The van der Waals surface area contributed by atoms with Gasteiger partial charge >= 0.3 is 6.03 Å². The first-order valence-corrected chi connectivity index (χ1v) is 22.6. The summed E-state index contributed by atoms with van der Waals surface area (Å²) >= 11 is 0. The molecule has 19 nitrogen and oxygen atoms in total. The van der Waals surface area contributed by atoms with Crippen LogP contribution < -0.4 is 30.7 Å². The molecule has 0 radical (unpaired) electrons. The number of nitrogens with one attached hydrogen (secondary N) is 4. The summed E-state index contributed by atoms with van der Waals surface area (Å²) in [6.45, 7) is 7.19. The molecule has 4 aromatic rings. The van der Waals surface area contributed by atoms with E-state index in [1.807, 2.05) is 0 Å². The number of aryl methyl sites for hydroxylation is 2. The molecule has 0 saturated carbocycles. The van der Waals surface area contributed by atoms with Gasteiger partial charge in [0, 0.05) is 57.4 Å². The lowest BCUT2D eigenvalue weighted by Crippen LogP contribution is -2.46. The number of hydrogen-bond donors (Lipinski definition) is 5. The number of aromatic nitrogens is 4. The quantitative estimate of drug-likeness (QED) is 0.117. The summed E-state index contributed by atoms with van der Waals surface area (Å²) in [5, 5.41) is 29.0. The maximum atomic E-state index is 13.6. The third-order valence-electron chi connectivity index (χ3n) is 12.1. The maximum absolute atomic E-state index is 13.6. The monoisotopic (exact) mass is 977 g/mol. The highest BCUT2D eigenvalue weighted by molar-refractivity contribution is 6.02. The molecular formula is C47H58ClF2N11O8. The molecule has 8 rings (SSSR count). The van der Waals surface area contributed by atoms with Gasteiger partial charge in [-0.3, -0.25) is 9.59 Å². The van der Waals surface area contributed by atoms with E-state index in [0.29, 0.717) is 66.2 Å². The topological polar surface area (TPSA) is 236 Å². The van der Waals surface area contributed by atoms with Crippen LogP contribution in [0.15, 0.2) is 58.8 Å². The second-order valence-corrected chi connectivity index (χ2v) is 16.8. The minimum Gasteiger partial charge on any atom is -0.494 e. The van der Waals surface area contributed by atoms with E-state index in [4.69, 9.17) is 24.3 Å². The predicted molar refractivity (Wildman–Crippen MR) is 251 cm³/mol. The van der Waals surface area contributed by atoms with Crippen LogP contribution in [0.3, 0.4) is 0 Å². The first-order valence-electron chi connectivity index (χ1n) is 22.6. The molecule has 2 unspecified atom stereocenters. The first-order chi connectivity index (χ1) is 32.9. The molecule has 370 valence electrons. The summed E-state index contributed by atoms with van der Waals surface area (Å²) < 4.78 is 37.2. The lowest BCUT2D eigenvalue weighted by Gasteiger charge is -2.33. The molecule has 69 heavy (non-hydrogen) atoms. The van der Waals surface area contributed by atoms with Gasteiger partial charge in [-0.1, -0.05) is 22.4 Å². The fourth-order valence-corrected chi connectivity index (χ4v) is 8.40. The number of hydrogen-bond acceptors (Lipinski definition) is 15. The SMILES string of the molecule is COc1cc(CNC(=O)c2cc(C3=NOC(C4CCN(C(=O)NCCO)CC4)C3)nc(C)n2)ccc1F.COc1cc(CNC(=O)c2cc(C3=NOC(C4CCNCC4)C3)nc(C)n2)ccc1F.Cl. The maximum Gasteiger partial charge on any atom is 0.317 e. The molecule has 0 aliphatic carbocycles. The van der Waals surface area contributed by atoms with Crippen LogP contribution in [0.2, 0.25) is 0 Å². The van der Waals surface area contributed by atoms with Gasteiger partial charge in [0.2, 0.25) is 0 Å². The predicted octanol–water partition coefficient (Wildman–Crippen LogP) is 4.55. The number of likely N-dealkylation sites (tertiary alicyclic amines) is 1. The Morgan fingerprint density at radius 2 is 1.17 bits per heavy atom. The number of halogens is 3. The van der Waals surface area contributed by atoms with Crippen LogP contribution in [0.5, 0.6) is 11.5 Å². The minimum absolute atomic E-state index is 0. The lowest BCUT2D eigenvalue weighted by atomic mass is 9.88. The molecule has 4 aliphatic heterocycles. The number of amides is 4. The Labute approximate surface area is 404 Å². The summed E-state index contributed by atoms with van der Waals surface area (Å²) in [5.41, 5.74) is 4.39. The molecule has 2 fully saturated rings. The van der Waals surface area contributed by atoms with Crippen molar-refractivity contribution in [3.05, 3.63) is 106 Å². The zero-order valence-electron chi connectivity index (χ0n) is 38.9. The van der Waals surface area contributed by atoms with E-state index in [-0.39, 0.29) is 91.6 Å². The smallest absolute Gasteiger partial charge is 0.317 e. The number of oxime groups is 2. The van der Waals surface area contributed by atoms with Gasteiger partial charge in [-0.25, -0.2) is 33.5 Å². The average molecular weight is 978 g/mol. The van der Waals surface area contributed by atoms with Gasteiger partial charge in [-0.2, -0.15) is 0 Å². The van der Waals surface area contributed by atoms with Crippen molar-refractivity contribution in [1.82, 2.24) is 46.1 Å². The van der Waals surface area contributed by atoms with Gasteiger partial charge in [0.05, 0.1) is 32.2 Å². The number of ether oxygens (including phenoxy) is 2. The molecule has 2 atom stereocenters. The van der Waals surface area contributed by atoms with E-state index in [1.54, 1.807) is 49.1 Å². The van der Waals surface area contributed by atoms with Crippen LogP contribution in [-0.4, -0.2) is 125 Å². The van der Waals surface area contributed by atoms with Crippen molar-refractivity contribution in [3.63, 3.8) is 0 Å². The molecular weight excluding hydrogens is 920 g/mol. The van der Waals surface area contributed by atoms with Gasteiger partial charge in [-0.05, 0) is 100 Å². The summed E-state index contributed by atoms with van der Waals surface area (Å²) in [6.07, 6.45) is 4.86. The largest absolute Gasteiger partial charge is 0.494 e. The molecule has 2 aromatic carbocycles. The Balaban J connectivity index is 0.000000227. The fourth-order valence-electron chi connectivity index (χ4n) is 8.40. The molecule has 4 amide bonds. The van der Waals surface area contributed by atoms with Crippen molar-refractivity contribution in [3.8, 4) is 11.5 Å². The van der Waals surface area contributed by atoms with E-state index in [1.165, 1.54) is 32.4 Å². The van der Waals surface area contributed by atoms with E-state index < -0.39 is 17.5 Å². The van der Waals surface area contributed by atoms with Gasteiger partial charge < -0.3 is 50.4 Å². The fraction of sp³-hybridized carbons (Fsp3) is 0.468. The molecule has 0 bridgehead atoms.